The molecule has 120 valence electrons. The summed E-state index contributed by atoms with van der Waals surface area (Å²) in [5.41, 5.74) is 0.428. The van der Waals surface area contributed by atoms with Crippen molar-refractivity contribution in [2.24, 2.45) is 0 Å². The Labute approximate surface area is 140 Å². The van der Waals surface area contributed by atoms with Gasteiger partial charge < -0.3 is 4.90 Å². The SMILES string of the molecule is CCCCN(C)c1ccc(NS(=O)(=O)c2ccc(Cl)s2)cn1. The summed E-state index contributed by atoms with van der Waals surface area (Å²) in [4.78, 5) is 6.33. The number of nitrogens with zero attached hydrogens (tertiary/aromatic N) is 2. The first-order valence-electron chi connectivity index (χ1n) is 6.87. The molecule has 2 heterocycles. The Morgan fingerprint density at radius 3 is 2.64 bits per heavy atom. The Kier molecular flexibility index (Phi) is 5.66. The molecule has 8 heteroatoms. The number of halogens is 1. The molecule has 0 aromatic carbocycles. The fourth-order valence-corrected chi connectivity index (χ4v) is 4.36. The molecule has 0 spiro atoms. The van der Waals surface area contributed by atoms with E-state index in [0.29, 0.717) is 10.0 Å². The molecule has 0 bridgehead atoms. The van der Waals surface area contributed by atoms with Gasteiger partial charge in [0, 0.05) is 13.6 Å². The molecule has 22 heavy (non-hydrogen) atoms. The summed E-state index contributed by atoms with van der Waals surface area (Å²) in [6.45, 7) is 3.05. The van der Waals surface area contributed by atoms with Gasteiger partial charge in [0.15, 0.2) is 0 Å². The summed E-state index contributed by atoms with van der Waals surface area (Å²) in [5, 5.41) is 0. The van der Waals surface area contributed by atoms with Gasteiger partial charge in [-0.2, -0.15) is 0 Å². The third kappa shape index (κ3) is 4.34. The zero-order chi connectivity index (χ0) is 16.2. The van der Waals surface area contributed by atoms with Gasteiger partial charge in [-0.25, -0.2) is 13.4 Å². The number of sulfonamides is 1. The highest BCUT2D eigenvalue weighted by Gasteiger charge is 2.17. The maximum atomic E-state index is 12.2. The van der Waals surface area contributed by atoms with Crippen molar-refractivity contribution in [3.05, 3.63) is 34.8 Å². The molecule has 0 aliphatic heterocycles. The van der Waals surface area contributed by atoms with Crippen LogP contribution in [0, 0.1) is 0 Å². The molecular weight excluding hydrogens is 342 g/mol. The number of thiophene rings is 1. The van der Waals surface area contributed by atoms with Crippen molar-refractivity contribution < 1.29 is 8.42 Å². The fraction of sp³-hybridized carbons (Fsp3) is 0.357. The van der Waals surface area contributed by atoms with Crippen molar-refractivity contribution in [1.82, 2.24) is 4.98 Å². The molecule has 2 aromatic rings. The summed E-state index contributed by atoms with van der Waals surface area (Å²) >= 11 is 6.79. The van der Waals surface area contributed by atoms with Crippen LogP contribution in [0.5, 0.6) is 0 Å². The Hall–Kier alpha value is -1.31. The molecule has 0 saturated heterocycles. The highest BCUT2D eigenvalue weighted by Crippen LogP contribution is 2.27. The van der Waals surface area contributed by atoms with Crippen molar-refractivity contribution in [2.45, 2.75) is 24.0 Å². The third-order valence-electron chi connectivity index (χ3n) is 3.05. The second-order valence-electron chi connectivity index (χ2n) is 4.84. The zero-order valence-corrected chi connectivity index (χ0v) is 14.8. The van der Waals surface area contributed by atoms with E-state index in [0.717, 1.165) is 36.5 Å². The molecule has 5 nitrogen and oxygen atoms in total. The van der Waals surface area contributed by atoms with Gasteiger partial charge in [-0.1, -0.05) is 24.9 Å². The molecule has 2 aromatic heterocycles. The summed E-state index contributed by atoms with van der Waals surface area (Å²) in [5.74, 6) is 0.815. The highest BCUT2D eigenvalue weighted by molar-refractivity contribution is 7.94. The van der Waals surface area contributed by atoms with E-state index in [-0.39, 0.29) is 4.21 Å². The molecule has 0 aliphatic rings. The number of hydrogen-bond donors (Lipinski definition) is 1. The number of anilines is 2. The first-order chi connectivity index (χ1) is 10.4. The average Bonchev–Trinajstić information content (AvgIpc) is 2.92. The Morgan fingerprint density at radius 1 is 1.32 bits per heavy atom. The van der Waals surface area contributed by atoms with Crippen LogP contribution in [-0.2, 0) is 10.0 Å². The van der Waals surface area contributed by atoms with Crippen LogP contribution in [0.3, 0.4) is 0 Å². The quantitative estimate of drug-likeness (QED) is 0.816. The molecule has 2 rings (SSSR count). The van der Waals surface area contributed by atoms with Crippen LogP contribution in [0.15, 0.2) is 34.7 Å². The second kappa shape index (κ2) is 7.30. The van der Waals surface area contributed by atoms with Gasteiger partial charge in [0.25, 0.3) is 10.0 Å². The first kappa shape index (κ1) is 17.1. The zero-order valence-electron chi connectivity index (χ0n) is 12.4. The first-order valence-corrected chi connectivity index (χ1v) is 9.55. The Balaban J connectivity index is 2.08. The van der Waals surface area contributed by atoms with E-state index in [1.807, 2.05) is 11.9 Å². The van der Waals surface area contributed by atoms with Crippen molar-refractivity contribution in [3.8, 4) is 0 Å². The van der Waals surface area contributed by atoms with E-state index < -0.39 is 10.0 Å². The maximum absolute atomic E-state index is 12.2. The van der Waals surface area contributed by atoms with Gasteiger partial charge in [0.05, 0.1) is 16.2 Å². The smallest absolute Gasteiger partial charge is 0.271 e. The lowest BCUT2D eigenvalue weighted by Crippen LogP contribution is -2.19. The summed E-state index contributed by atoms with van der Waals surface area (Å²) < 4.78 is 27.5. The Bertz CT molecular complexity index is 714. The molecule has 0 atom stereocenters. The van der Waals surface area contributed by atoms with Crippen LogP contribution in [0.1, 0.15) is 19.8 Å². The van der Waals surface area contributed by atoms with Gasteiger partial charge in [-0.3, -0.25) is 4.72 Å². The minimum absolute atomic E-state index is 0.182. The van der Waals surface area contributed by atoms with Crippen LogP contribution in [0.25, 0.3) is 0 Å². The van der Waals surface area contributed by atoms with E-state index >= 15 is 0 Å². The van der Waals surface area contributed by atoms with Crippen LogP contribution in [0.4, 0.5) is 11.5 Å². The fourth-order valence-electron chi connectivity index (χ4n) is 1.83. The summed E-state index contributed by atoms with van der Waals surface area (Å²) in [7, 11) is -1.64. The summed E-state index contributed by atoms with van der Waals surface area (Å²) in [6.07, 6.45) is 3.72. The molecule has 0 unspecified atom stereocenters. The number of pyridine rings is 1. The lowest BCUT2D eigenvalue weighted by molar-refractivity contribution is 0.603. The molecule has 0 radical (unpaired) electrons. The van der Waals surface area contributed by atoms with Gasteiger partial charge >= 0.3 is 0 Å². The van der Waals surface area contributed by atoms with Crippen molar-refractivity contribution in [3.63, 3.8) is 0 Å². The maximum Gasteiger partial charge on any atom is 0.271 e. The second-order valence-corrected chi connectivity index (χ2v) is 8.47. The van der Waals surface area contributed by atoms with Crippen LogP contribution in [-0.4, -0.2) is 27.0 Å². The largest absolute Gasteiger partial charge is 0.360 e. The van der Waals surface area contributed by atoms with Gasteiger partial charge in [-0.15, -0.1) is 11.3 Å². The lowest BCUT2D eigenvalue weighted by atomic mass is 10.3. The van der Waals surface area contributed by atoms with Gasteiger partial charge in [0.2, 0.25) is 0 Å². The lowest BCUT2D eigenvalue weighted by Gasteiger charge is -2.17. The normalized spacial score (nSPS) is 11.4. The van der Waals surface area contributed by atoms with E-state index in [2.05, 4.69) is 16.6 Å². The van der Waals surface area contributed by atoms with E-state index in [9.17, 15) is 8.42 Å². The van der Waals surface area contributed by atoms with Crippen molar-refractivity contribution >= 4 is 44.5 Å². The Morgan fingerprint density at radius 2 is 2.09 bits per heavy atom. The summed E-state index contributed by atoms with van der Waals surface area (Å²) in [6, 6.07) is 6.55. The number of hydrogen-bond acceptors (Lipinski definition) is 5. The molecular formula is C14H18ClN3O2S2. The molecule has 0 fully saturated rings. The van der Waals surface area contributed by atoms with E-state index in [1.54, 1.807) is 18.2 Å². The molecule has 0 saturated carbocycles. The van der Waals surface area contributed by atoms with Crippen LogP contribution < -0.4 is 9.62 Å². The number of unbranched alkanes of at least 4 members (excludes halogenated alkanes) is 1. The number of rotatable bonds is 7. The van der Waals surface area contributed by atoms with E-state index in [1.165, 1.54) is 12.3 Å². The van der Waals surface area contributed by atoms with Gasteiger partial charge in [-0.05, 0) is 30.7 Å². The standard InChI is InChI=1S/C14H18ClN3O2S2/c1-3-4-9-18(2)13-7-5-11(10-16-13)17-22(19,20)14-8-6-12(15)21-14/h5-8,10,17H,3-4,9H2,1-2H3. The van der Waals surface area contributed by atoms with Gasteiger partial charge in [0.1, 0.15) is 10.0 Å². The predicted octanol–water partition coefficient (Wildman–Crippen LogP) is 3.83. The number of aromatic nitrogens is 1. The van der Waals surface area contributed by atoms with E-state index in [4.69, 9.17) is 11.6 Å². The van der Waals surface area contributed by atoms with Crippen LogP contribution in [0.2, 0.25) is 4.34 Å². The van der Waals surface area contributed by atoms with Crippen LogP contribution >= 0.6 is 22.9 Å². The molecule has 0 amide bonds. The highest BCUT2D eigenvalue weighted by atomic mass is 35.5. The molecule has 0 aliphatic carbocycles. The topological polar surface area (TPSA) is 62.3 Å². The predicted molar refractivity (Wildman–Crippen MR) is 92.6 cm³/mol. The minimum atomic E-state index is -3.61. The third-order valence-corrected chi connectivity index (χ3v) is 6.16. The minimum Gasteiger partial charge on any atom is -0.360 e. The van der Waals surface area contributed by atoms with Crippen molar-refractivity contribution in [1.29, 1.82) is 0 Å². The average molecular weight is 360 g/mol. The number of nitrogens with one attached hydrogen (secondary N) is 1. The monoisotopic (exact) mass is 359 g/mol. The van der Waals surface area contributed by atoms with Crippen molar-refractivity contribution in [2.75, 3.05) is 23.2 Å². The molecule has 1 N–H and O–H groups in total.